The van der Waals surface area contributed by atoms with E-state index in [0.29, 0.717) is 0 Å². The first-order chi connectivity index (χ1) is 26.1. The first kappa shape index (κ1) is 35.0. The lowest BCUT2D eigenvalue weighted by Gasteiger charge is -2.28. The van der Waals surface area contributed by atoms with Gasteiger partial charge in [0.25, 0.3) is 0 Å². The van der Waals surface area contributed by atoms with E-state index in [1.54, 1.807) is 0 Å². The molecular formula is C52H45N. The van der Waals surface area contributed by atoms with E-state index in [9.17, 15) is 0 Å². The van der Waals surface area contributed by atoms with Crippen LogP contribution < -0.4 is 4.90 Å². The number of benzene rings is 6. The zero-order valence-corrected chi connectivity index (χ0v) is 30.6. The van der Waals surface area contributed by atoms with Crippen molar-refractivity contribution in [2.45, 2.75) is 26.7 Å². The standard InChI is InChI=1S/C52H45N/c1-4-15-47(22-14-24-49(42-16-7-5-8-17-42)45-32-26-39(2)27-33-45)53(52-25-13-21-43-20-11-12-23-50(43)52)48-36-30-41(31-37-48)38-51(44-18-9-6-10-19-44)46-34-28-40(3)29-35-46/h4-28,30-34,36-38H,1,29,35H2,2-3H3/b22-14-,47-15+,49-24+,51-38?. The molecule has 7 rings (SSSR count). The van der Waals surface area contributed by atoms with Crippen LogP contribution in [0.4, 0.5) is 11.4 Å². The minimum absolute atomic E-state index is 1.01. The third-order valence-corrected chi connectivity index (χ3v) is 9.78. The quantitative estimate of drug-likeness (QED) is 0.0970. The Morgan fingerprint density at radius 2 is 1.23 bits per heavy atom. The second kappa shape index (κ2) is 16.7. The van der Waals surface area contributed by atoms with Gasteiger partial charge < -0.3 is 4.90 Å². The molecule has 1 aliphatic rings. The number of rotatable bonds is 11. The topological polar surface area (TPSA) is 3.24 Å². The Labute approximate surface area is 315 Å². The summed E-state index contributed by atoms with van der Waals surface area (Å²) in [6.07, 6.45) is 19.6. The molecule has 0 aromatic heterocycles. The van der Waals surface area contributed by atoms with Crippen LogP contribution in [0.1, 0.15) is 47.6 Å². The van der Waals surface area contributed by atoms with Gasteiger partial charge in [-0.05, 0) is 107 Å². The Kier molecular flexibility index (Phi) is 11.0. The second-order valence-corrected chi connectivity index (χ2v) is 13.6. The summed E-state index contributed by atoms with van der Waals surface area (Å²) in [5.41, 5.74) is 14.4. The zero-order valence-electron chi connectivity index (χ0n) is 30.6. The van der Waals surface area contributed by atoms with Crippen LogP contribution in [0, 0.1) is 6.92 Å². The molecule has 6 aromatic rings. The highest BCUT2D eigenvalue weighted by atomic mass is 15.1. The highest BCUT2D eigenvalue weighted by Crippen LogP contribution is 2.38. The molecule has 0 N–H and O–H groups in total. The van der Waals surface area contributed by atoms with Gasteiger partial charge in [0.05, 0.1) is 5.69 Å². The summed E-state index contributed by atoms with van der Waals surface area (Å²) in [6, 6.07) is 54.2. The largest absolute Gasteiger partial charge is 0.310 e. The van der Waals surface area contributed by atoms with Crippen molar-refractivity contribution < 1.29 is 0 Å². The molecule has 0 bridgehead atoms. The average molecular weight is 684 g/mol. The van der Waals surface area contributed by atoms with Crippen LogP contribution in [-0.4, -0.2) is 0 Å². The molecule has 0 aliphatic heterocycles. The SMILES string of the molecule is C=C\C=C(/C=C\C=C(/c1ccccc1)c1ccc(C)cc1)N(c1ccc(C=C(C2=CC=C(C)CC2)c2ccccc2)cc1)c1cccc2ccccc12. The molecule has 0 atom stereocenters. The fourth-order valence-corrected chi connectivity index (χ4v) is 6.94. The van der Waals surface area contributed by atoms with Gasteiger partial charge in [0.1, 0.15) is 0 Å². The van der Waals surface area contributed by atoms with Crippen LogP contribution in [0.15, 0.2) is 218 Å². The number of allylic oxidation sites excluding steroid dienone is 10. The van der Waals surface area contributed by atoms with E-state index in [1.165, 1.54) is 55.3 Å². The van der Waals surface area contributed by atoms with E-state index in [2.05, 4.69) is 220 Å². The van der Waals surface area contributed by atoms with E-state index >= 15 is 0 Å². The summed E-state index contributed by atoms with van der Waals surface area (Å²) in [4.78, 5) is 2.34. The minimum Gasteiger partial charge on any atom is -0.310 e. The number of aryl methyl sites for hydroxylation is 1. The molecule has 258 valence electrons. The maximum Gasteiger partial charge on any atom is 0.0540 e. The van der Waals surface area contributed by atoms with Gasteiger partial charge in [0.2, 0.25) is 0 Å². The molecule has 0 radical (unpaired) electrons. The third-order valence-electron chi connectivity index (χ3n) is 9.78. The first-order valence-electron chi connectivity index (χ1n) is 18.4. The number of fused-ring (bicyclic) bond motifs is 1. The molecule has 0 saturated carbocycles. The van der Waals surface area contributed by atoms with Gasteiger partial charge in [0.15, 0.2) is 0 Å². The highest BCUT2D eigenvalue weighted by Gasteiger charge is 2.17. The lowest BCUT2D eigenvalue weighted by atomic mass is 9.88. The van der Waals surface area contributed by atoms with Gasteiger partial charge in [-0.25, -0.2) is 0 Å². The summed E-state index contributed by atoms with van der Waals surface area (Å²) >= 11 is 0. The summed E-state index contributed by atoms with van der Waals surface area (Å²) in [6.45, 7) is 8.48. The van der Waals surface area contributed by atoms with Crippen LogP contribution in [-0.2, 0) is 0 Å². The van der Waals surface area contributed by atoms with Gasteiger partial charge in [0, 0.05) is 16.8 Å². The summed E-state index contributed by atoms with van der Waals surface area (Å²) in [5.74, 6) is 0. The molecule has 0 unspecified atom stereocenters. The normalized spacial score (nSPS) is 13.9. The predicted octanol–water partition coefficient (Wildman–Crippen LogP) is 14.3. The molecule has 1 nitrogen and oxygen atoms in total. The van der Waals surface area contributed by atoms with Crippen molar-refractivity contribution >= 4 is 39.4 Å². The van der Waals surface area contributed by atoms with Crippen molar-refractivity contribution in [1.29, 1.82) is 0 Å². The van der Waals surface area contributed by atoms with E-state index < -0.39 is 0 Å². The zero-order chi connectivity index (χ0) is 36.4. The molecule has 0 fully saturated rings. The van der Waals surface area contributed by atoms with Gasteiger partial charge in [-0.15, -0.1) is 0 Å². The maximum atomic E-state index is 4.13. The van der Waals surface area contributed by atoms with Crippen LogP contribution >= 0.6 is 0 Å². The smallest absolute Gasteiger partial charge is 0.0540 e. The van der Waals surface area contributed by atoms with Crippen molar-refractivity contribution in [3.05, 3.63) is 245 Å². The van der Waals surface area contributed by atoms with Gasteiger partial charge in [-0.2, -0.15) is 0 Å². The Morgan fingerprint density at radius 3 is 1.91 bits per heavy atom. The lowest BCUT2D eigenvalue weighted by molar-refractivity contribution is 0.932. The van der Waals surface area contributed by atoms with Crippen LogP contribution in [0.3, 0.4) is 0 Å². The minimum atomic E-state index is 1.01. The molecule has 0 amide bonds. The number of hydrogen-bond acceptors (Lipinski definition) is 1. The fourth-order valence-electron chi connectivity index (χ4n) is 6.94. The number of hydrogen-bond donors (Lipinski definition) is 0. The second-order valence-electron chi connectivity index (χ2n) is 13.6. The Balaban J connectivity index is 1.32. The van der Waals surface area contributed by atoms with Gasteiger partial charge in [-0.3, -0.25) is 0 Å². The van der Waals surface area contributed by atoms with E-state index in [4.69, 9.17) is 0 Å². The summed E-state index contributed by atoms with van der Waals surface area (Å²) in [7, 11) is 0. The molecular weight excluding hydrogens is 639 g/mol. The molecule has 53 heavy (non-hydrogen) atoms. The highest BCUT2D eigenvalue weighted by molar-refractivity contribution is 5.98. The van der Waals surface area contributed by atoms with Crippen LogP contribution in [0.2, 0.25) is 0 Å². The van der Waals surface area contributed by atoms with Crippen LogP contribution in [0.5, 0.6) is 0 Å². The fraction of sp³-hybridized carbons (Fsp3) is 0.0769. The van der Waals surface area contributed by atoms with Crippen molar-refractivity contribution in [3.8, 4) is 0 Å². The van der Waals surface area contributed by atoms with E-state index in [-0.39, 0.29) is 0 Å². The Bertz CT molecular complexity index is 2370. The van der Waals surface area contributed by atoms with Crippen LogP contribution in [0.25, 0.3) is 28.0 Å². The van der Waals surface area contributed by atoms with Crippen molar-refractivity contribution in [2.75, 3.05) is 4.90 Å². The molecule has 0 heterocycles. The summed E-state index contributed by atoms with van der Waals surface area (Å²) < 4.78 is 0. The van der Waals surface area contributed by atoms with Crippen molar-refractivity contribution in [1.82, 2.24) is 0 Å². The lowest BCUT2D eigenvalue weighted by Crippen LogP contribution is -2.15. The molecule has 1 heteroatoms. The van der Waals surface area contributed by atoms with E-state index in [1.807, 2.05) is 6.08 Å². The third kappa shape index (κ3) is 8.38. The molecule has 0 saturated heterocycles. The summed E-state index contributed by atoms with van der Waals surface area (Å²) in [5, 5.41) is 2.38. The molecule has 6 aromatic carbocycles. The monoisotopic (exact) mass is 683 g/mol. The molecule has 0 spiro atoms. The predicted molar refractivity (Wildman–Crippen MR) is 230 cm³/mol. The maximum absolute atomic E-state index is 4.13. The van der Waals surface area contributed by atoms with Crippen molar-refractivity contribution in [3.63, 3.8) is 0 Å². The number of anilines is 2. The Morgan fingerprint density at radius 1 is 0.585 bits per heavy atom. The number of nitrogens with zero attached hydrogens (tertiary/aromatic N) is 1. The average Bonchev–Trinajstić information content (AvgIpc) is 3.21. The van der Waals surface area contributed by atoms with Gasteiger partial charge in [-0.1, -0.05) is 182 Å². The molecule has 1 aliphatic carbocycles. The Hall–Kier alpha value is -6.44. The van der Waals surface area contributed by atoms with Crippen molar-refractivity contribution in [2.24, 2.45) is 0 Å². The van der Waals surface area contributed by atoms with E-state index in [0.717, 1.165) is 35.5 Å². The van der Waals surface area contributed by atoms with Gasteiger partial charge >= 0.3 is 0 Å². The first-order valence-corrected chi connectivity index (χ1v) is 18.4.